The average Bonchev–Trinajstić information content (AvgIpc) is 2.74. The molecule has 2 aromatic rings. The molecule has 4 heteroatoms. The summed E-state index contributed by atoms with van der Waals surface area (Å²) in [6.07, 6.45) is 4.14. The minimum Gasteiger partial charge on any atom is -0.330 e. The van der Waals surface area contributed by atoms with Crippen LogP contribution in [0.25, 0.3) is 5.69 Å². The maximum atomic E-state index is 5.53. The van der Waals surface area contributed by atoms with E-state index in [1.807, 2.05) is 6.07 Å². The molecule has 2 N–H and O–H groups in total. The molecule has 2 rings (SSSR count). The molecule has 0 spiro atoms. The van der Waals surface area contributed by atoms with E-state index in [-0.39, 0.29) is 0 Å². The molecule has 1 aromatic heterocycles. The lowest BCUT2D eigenvalue weighted by Crippen LogP contribution is -2.05. The summed E-state index contributed by atoms with van der Waals surface area (Å²) in [7, 11) is 0. The molecule has 0 aliphatic rings. The van der Waals surface area contributed by atoms with E-state index in [9.17, 15) is 0 Å². The molecular formula is C11H14N4. The van der Waals surface area contributed by atoms with E-state index in [1.165, 1.54) is 17.5 Å². The normalized spacial score (nSPS) is 10.5. The second-order valence-electron chi connectivity index (χ2n) is 3.49. The van der Waals surface area contributed by atoms with Crippen LogP contribution in [0.2, 0.25) is 0 Å². The Morgan fingerprint density at radius 2 is 2.27 bits per heavy atom. The van der Waals surface area contributed by atoms with Gasteiger partial charge in [-0.1, -0.05) is 6.07 Å². The molecule has 0 atom stereocenters. The first-order valence-electron chi connectivity index (χ1n) is 4.96. The van der Waals surface area contributed by atoms with Gasteiger partial charge in [0, 0.05) is 0 Å². The van der Waals surface area contributed by atoms with Crippen molar-refractivity contribution in [2.45, 2.75) is 13.3 Å². The van der Waals surface area contributed by atoms with Crippen LogP contribution in [0.15, 0.2) is 30.9 Å². The minimum absolute atomic E-state index is 0.684. The molecule has 4 nitrogen and oxygen atoms in total. The number of benzene rings is 1. The van der Waals surface area contributed by atoms with Gasteiger partial charge in [0.1, 0.15) is 12.7 Å². The molecule has 0 bridgehead atoms. The highest BCUT2D eigenvalue weighted by atomic mass is 15.3. The fourth-order valence-electron chi connectivity index (χ4n) is 1.60. The van der Waals surface area contributed by atoms with Crippen molar-refractivity contribution >= 4 is 0 Å². The smallest absolute Gasteiger partial charge is 0.138 e. The predicted octanol–water partition coefficient (Wildman–Crippen LogP) is 1.08. The fraction of sp³-hybridized carbons (Fsp3) is 0.273. The molecule has 0 unspecified atom stereocenters. The van der Waals surface area contributed by atoms with Crippen LogP contribution in [0.1, 0.15) is 11.1 Å². The highest BCUT2D eigenvalue weighted by Gasteiger charge is 2.01. The zero-order valence-electron chi connectivity index (χ0n) is 8.72. The predicted molar refractivity (Wildman–Crippen MR) is 58.9 cm³/mol. The summed E-state index contributed by atoms with van der Waals surface area (Å²) in [5.41, 5.74) is 9.10. The topological polar surface area (TPSA) is 56.7 Å². The quantitative estimate of drug-likeness (QED) is 0.810. The van der Waals surface area contributed by atoms with Crippen LogP contribution >= 0.6 is 0 Å². The number of aryl methyl sites for hydroxylation is 1. The molecule has 0 saturated heterocycles. The second kappa shape index (κ2) is 4.23. The summed E-state index contributed by atoms with van der Waals surface area (Å²) in [6, 6.07) is 6.23. The van der Waals surface area contributed by atoms with Gasteiger partial charge in [-0.15, -0.1) is 0 Å². The van der Waals surface area contributed by atoms with Gasteiger partial charge in [0.15, 0.2) is 0 Å². The molecule has 15 heavy (non-hydrogen) atoms. The summed E-state index contributed by atoms with van der Waals surface area (Å²) in [5.74, 6) is 0. The minimum atomic E-state index is 0.684. The Labute approximate surface area is 88.8 Å². The summed E-state index contributed by atoms with van der Waals surface area (Å²) in [5, 5.41) is 4.08. The van der Waals surface area contributed by atoms with Gasteiger partial charge in [-0.2, -0.15) is 5.10 Å². The second-order valence-corrected chi connectivity index (χ2v) is 3.49. The van der Waals surface area contributed by atoms with E-state index in [0.717, 1.165) is 12.1 Å². The van der Waals surface area contributed by atoms with Crippen LogP contribution in [-0.4, -0.2) is 21.3 Å². The van der Waals surface area contributed by atoms with E-state index in [0.29, 0.717) is 6.54 Å². The van der Waals surface area contributed by atoms with E-state index in [1.54, 1.807) is 11.0 Å². The van der Waals surface area contributed by atoms with Gasteiger partial charge in [-0.25, -0.2) is 9.67 Å². The third kappa shape index (κ3) is 2.05. The Kier molecular flexibility index (Phi) is 2.78. The van der Waals surface area contributed by atoms with Crippen molar-refractivity contribution in [1.29, 1.82) is 0 Å². The lowest BCUT2D eigenvalue weighted by atomic mass is 10.1. The first-order valence-corrected chi connectivity index (χ1v) is 4.96. The van der Waals surface area contributed by atoms with Gasteiger partial charge in [-0.3, -0.25) is 0 Å². The third-order valence-electron chi connectivity index (χ3n) is 2.42. The highest BCUT2D eigenvalue weighted by Crippen LogP contribution is 2.13. The number of nitrogens with two attached hydrogens (primary N) is 1. The van der Waals surface area contributed by atoms with Crippen molar-refractivity contribution in [3.05, 3.63) is 42.0 Å². The van der Waals surface area contributed by atoms with Crippen molar-refractivity contribution in [3.63, 3.8) is 0 Å². The molecule has 0 aliphatic carbocycles. The van der Waals surface area contributed by atoms with Gasteiger partial charge < -0.3 is 5.73 Å². The van der Waals surface area contributed by atoms with E-state index in [2.05, 4.69) is 29.1 Å². The number of nitrogens with zero attached hydrogens (tertiary/aromatic N) is 3. The summed E-state index contributed by atoms with van der Waals surface area (Å²) < 4.78 is 1.75. The maximum Gasteiger partial charge on any atom is 0.138 e. The number of rotatable bonds is 3. The van der Waals surface area contributed by atoms with Crippen LogP contribution < -0.4 is 5.73 Å². The molecule has 1 aromatic carbocycles. The lowest BCUT2D eigenvalue weighted by Gasteiger charge is -2.07. The standard InChI is InChI=1S/C11H14N4/c1-9-6-11(15-8-13-7-14-15)3-2-10(9)4-5-12/h2-3,6-8H,4-5,12H2,1H3. The summed E-state index contributed by atoms with van der Waals surface area (Å²) in [4.78, 5) is 3.92. The van der Waals surface area contributed by atoms with Crippen molar-refractivity contribution in [2.24, 2.45) is 5.73 Å². The number of aromatic nitrogens is 3. The molecule has 1 heterocycles. The van der Waals surface area contributed by atoms with Gasteiger partial charge in [0.25, 0.3) is 0 Å². The van der Waals surface area contributed by atoms with Gasteiger partial charge in [0.05, 0.1) is 5.69 Å². The molecule has 0 fully saturated rings. The lowest BCUT2D eigenvalue weighted by molar-refractivity contribution is 0.873. The molecule has 78 valence electrons. The van der Waals surface area contributed by atoms with Crippen molar-refractivity contribution in [3.8, 4) is 5.69 Å². The Balaban J connectivity index is 2.33. The van der Waals surface area contributed by atoms with E-state index >= 15 is 0 Å². The van der Waals surface area contributed by atoms with Crippen molar-refractivity contribution in [2.75, 3.05) is 6.54 Å². The van der Waals surface area contributed by atoms with Gasteiger partial charge in [0.2, 0.25) is 0 Å². The highest BCUT2D eigenvalue weighted by molar-refractivity contribution is 5.39. The molecule has 0 amide bonds. The van der Waals surface area contributed by atoms with Crippen LogP contribution in [0.5, 0.6) is 0 Å². The van der Waals surface area contributed by atoms with Crippen LogP contribution in [-0.2, 0) is 6.42 Å². The summed E-state index contributed by atoms with van der Waals surface area (Å²) in [6.45, 7) is 2.77. The van der Waals surface area contributed by atoms with E-state index in [4.69, 9.17) is 5.73 Å². The molecule has 0 radical (unpaired) electrons. The Hall–Kier alpha value is -1.68. The summed E-state index contributed by atoms with van der Waals surface area (Å²) >= 11 is 0. The molecule has 0 aliphatic heterocycles. The largest absolute Gasteiger partial charge is 0.330 e. The average molecular weight is 202 g/mol. The Morgan fingerprint density at radius 3 is 2.87 bits per heavy atom. The molecule has 0 saturated carbocycles. The first kappa shape index (κ1) is 9.86. The number of hydrogen-bond acceptors (Lipinski definition) is 3. The number of hydrogen-bond donors (Lipinski definition) is 1. The van der Waals surface area contributed by atoms with E-state index < -0.39 is 0 Å². The third-order valence-corrected chi connectivity index (χ3v) is 2.42. The van der Waals surface area contributed by atoms with Crippen molar-refractivity contribution < 1.29 is 0 Å². The Bertz CT molecular complexity index is 434. The van der Waals surface area contributed by atoms with Crippen molar-refractivity contribution in [1.82, 2.24) is 14.8 Å². The zero-order chi connectivity index (χ0) is 10.7. The van der Waals surface area contributed by atoms with Gasteiger partial charge >= 0.3 is 0 Å². The zero-order valence-corrected chi connectivity index (χ0v) is 8.72. The monoisotopic (exact) mass is 202 g/mol. The van der Waals surface area contributed by atoms with Crippen LogP contribution in [0, 0.1) is 6.92 Å². The maximum absolute atomic E-state index is 5.53. The first-order chi connectivity index (χ1) is 7.31. The van der Waals surface area contributed by atoms with Crippen LogP contribution in [0.3, 0.4) is 0 Å². The van der Waals surface area contributed by atoms with Gasteiger partial charge in [-0.05, 0) is 43.1 Å². The fourth-order valence-corrected chi connectivity index (χ4v) is 1.60. The Morgan fingerprint density at radius 1 is 1.40 bits per heavy atom. The van der Waals surface area contributed by atoms with Crippen LogP contribution in [0.4, 0.5) is 0 Å². The SMILES string of the molecule is Cc1cc(-n2cncn2)ccc1CCN. The molecular weight excluding hydrogens is 188 g/mol.